The van der Waals surface area contributed by atoms with Crippen LogP contribution in [0.4, 0.5) is 0 Å². The van der Waals surface area contributed by atoms with Crippen molar-refractivity contribution >= 4 is 10.0 Å². The lowest BCUT2D eigenvalue weighted by Gasteiger charge is -2.19. The van der Waals surface area contributed by atoms with Crippen molar-refractivity contribution < 1.29 is 8.42 Å². The molecule has 0 fully saturated rings. The van der Waals surface area contributed by atoms with Crippen LogP contribution < -0.4 is 0 Å². The van der Waals surface area contributed by atoms with Crippen LogP contribution in [0.1, 0.15) is 10.8 Å². The predicted octanol–water partition coefficient (Wildman–Crippen LogP) is 0.930. The first-order valence-electron chi connectivity index (χ1n) is 5.25. The zero-order chi connectivity index (χ0) is 14.3. The molecule has 0 heterocycles. The van der Waals surface area contributed by atoms with E-state index in [0.29, 0.717) is 9.87 Å². The van der Waals surface area contributed by atoms with Crippen molar-refractivity contribution in [1.29, 1.82) is 15.8 Å². The van der Waals surface area contributed by atoms with Gasteiger partial charge in [0.05, 0.1) is 18.2 Å². The van der Waals surface area contributed by atoms with E-state index in [1.807, 2.05) is 0 Å². The van der Waals surface area contributed by atoms with E-state index in [9.17, 15) is 8.42 Å². The first-order chi connectivity index (χ1) is 9.07. The van der Waals surface area contributed by atoms with Gasteiger partial charge in [0.2, 0.25) is 10.0 Å². The third kappa shape index (κ3) is 3.29. The van der Waals surface area contributed by atoms with Crippen LogP contribution in [0.25, 0.3) is 0 Å². The van der Waals surface area contributed by atoms with Crippen molar-refractivity contribution in [2.24, 2.45) is 0 Å². The molecule has 0 bridgehead atoms. The lowest BCUT2D eigenvalue weighted by molar-refractivity contribution is 0.475. The molecule has 1 aromatic carbocycles. The third-order valence-corrected chi connectivity index (χ3v) is 4.32. The van der Waals surface area contributed by atoms with Crippen molar-refractivity contribution in [3.05, 3.63) is 35.9 Å². The summed E-state index contributed by atoms with van der Waals surface area (Å²) in [5, 5.41) is 24.9. The van der Waals surface area contributed by atoms with Crippen LogP contribution >= 0.6 is 0 Å². The maximum absolute atomic E-state index is 12.2. The van der Waals surface area contributed by atoms with Crippen molar-refractivity contribution in [2.75, 3.05) is 13.1 Å². The number of hydrogen-bond acceptors (Lipinski definition) is 5. The SMILES string of the molecule is N#CCN(CC#N)S(=O)(=O)C(C#N)c1ccccc1. The molecule has 1 atom stereocenters. The van der Waals surface area contributed by atoms with Gasteiger partial charge in [-0.2, -0.15) is 20.1 Å². The summed E-state index contributed by atoms with van der Waals surface area (Å²) in [6.07, 6.45) is 0. The lowest BCUT2D eigenvalue weighted by Crippen LogP contribution is -2.35. The van der Waals surface area contributed by atoms with Gasteiger partial charge in [-0.1, -0.05) is 30.3 Å². The molecule has 0 N–H and O–H groups in total. The van der Waals surface area contributed by atoms with Gasteiger partial charge in [0.15, 0.2) is 5.25 Å². The standard InChI is InChI=1S/C12H10N4O2S/c13-6-8-16(9-7-14)19(17,18)12(10-15)11-4-2-1-3-5-11/h1-5,12H,8-9H2. The molecule has 0 radical (unpaired) electrons. The average molecular weight is 274 g/mol. The molecular weight excluding hydrogens is 264 g/mol. The Balaban J connectivity index is 3.21. The fourth-order valence-electron chi connectivity index (χ4n) is 1.48. The Hall–Kier alpha value is -2.40. The normalized spacial score (nSPS) is 12.1. The van der Waals surface area contributed by atoms with Gasteiger partial charge >= 0.3 is 0 Å². The van der Waals surface area contributed by atoms with Crippen molar-refractivity contribution in [3.63, 3.8) is 0 Å². The molecule has 7 heteroatoms. The maximum atomic E-state index is 12.2. The van der Waals surface area contributed by atoms with E-state index in [1.165, 1.54) is 12.1 Å². The van der Waals surface area contributed by atoms with E-state index in [2.05, 4.69) is 0 Å². The van der Waals surface area contributed by atoms with E-state index in [1.54, 1.807) is 36.4 Å². The number of hydrogen-bond donors (Lipinski definition) is 0. The van der Waals surface area contributed by atoms with Gasteiger partial charge < -0.3 is 0 Å². The number of rotatable bonds is 5. The Morgan fingerprint density at radius 2 is 1.58 bits per heavy atom. The molecule has 0 aliphatic rings. The first-order valence-corrected chi connectivity index (χ1v) is 6.75. The summed E-state index contributed by atoms with van der Waals surface area (Å²) in [6, 6.07) is 13.0. The van der Waals surface area contributed by atoms with E-state index in [-0.39, 0.29) is 0 Å². The van der Waals surface area contributed by atoms with Gasteiger partial charge in [-0.15, -0.1) is 0 Å². The summed E-state index contributed by atoms with van der Waals surface area (Å²) >= 11 is 0. The summed E-state index contributed by atoms with van der Waals surface area (Å²) in [4.78, 5) is 0. The molecule has 0 aliphatic heterocycles. The Kier molecular flexibility index (Phi) is 5.02. The minimum Gasteiger partial charge on any atom is -0.210 e. The van der Waals surface area contributed by atoms with Gasteiger partial charge in [-0.3, -0.25) is 0 Å². The van der Waals surface area contributed by atoms with Crippen molar-refractivity contribution in [1.82, 2.24) is 4.31 Å². The molecule has 1 aromatic rings. The highest BCUT2D eigenvalue weighted by atomic mass is 32.2. The van der Waals surface area contributed by atoms with Crippen LogP contribution in [0, 0.1) is 34.0 Å². The van der Waals surface area contributed by atoms with Crippen LogP contribution in [0.3, 0.4) is 0 Å². The third-order valence-electron chi connectivity index (χ3n) is 2.37. The molecule has 0 aromatic heterocycles. The fourth-order valence-corrected chi connectivity index (χ4v) is 2.89. The van der Waals surface area contributed by atoms with Crippen molar-refractivity contribution in [2.45, 2.75) is 5.25 Å². The molecular formula is C12H10N4O2S. The van der Waals surface area contributed by atoms with Crippen LogP contribution in [-0.4, -0.2) is 25.8 Å². The average Bonchev–Trinajstić information content (AvgIpc) is 2.40. The Morgan fingerprint density at radius 3 is 2.00 bits per heavy atom. The second kappa shape index (κ2) is 6.51. The number of nitrogens with zero attached hydrogens (tertiary/aromatic N) is 4. The van der Waals surface area contributed by atoms with Crippen LogP contribution in [0.5, 0.6) is 0 Å². The largest absolute Gasteiger partial charge is 0.236 e. The molecule has 1 rings (SSSR count). The Labute approximate surface area is 111 Å². The smallest absolute Gasteiger partial charge is 0.210 e. The first kappa shape index (κ1) is 14.7. The zero-order valence-electron chi connectivity index (χ0n) is 9.89. The van der Waals surface area contributed by atoms with E-state index >= 15 is 0 Å². The Bertz CT molecular complexity index is 634. The highest BCUT2D eigenvalue weighted by Crippen LogP contribution is 2.24. The summed E-state index contributed by atoms with van der Waals surface area (Å²) in [5.41, 5.74) is 0.311. The highest BCUT2D eigenvalue weighted by molar-refractivity contribution is 7.89. The molecule has 0 saturated heterocycles. The van der Waals surface area contributed by atoms with Crippen LogP contribution in [0.2, 0.25) is 0 Å². The molecule has 0 aliphatic carbocycles. The molecule has 0 amide bonds. The predicted molar refractivity (Wildman–Crippen MR) is 66.5 cm³/mol. The summed E-state index contributed by atoms with van der Waals surface area (Å²) in [6.45, 7) is -0.915. The summed E-state index contributed by atoms with van der Waals surface area (Å²) in [5.74, 6) is 0. The molecule has 0 saturated carbocycles. The number of nitriles is 3. The van der Waals surface area contributed by atoms with Gasteiger partial charge in [0, 0.05) is 0 Å². The van der Waals surface area contributed by atoms with Crippen molar-refractivity contribution in [3.8, 4) is 18.2 Å². The minimum absolute atomic E-state index is 0.311. The number of sulfonamides is 1. The monoisotopic (exact) mass is 274 g/mol. The molecule has 19 heavy (non-hydrogen) atoms. The van der Waals surface area contributed by atoms with Gasteiger partial charge in [-0.25, -0.2) is 8.42 Å². The van der Waals surface area contributed by atoms with Gasteiger partial charge in [-0.05, 0) is 5.56 Å². The van der Waals surface area contributed by atoms with E-state index in [0.717, 1.165) is 0 Å². The second-order valence-electron chi connectivity index (χ2n) is 3.55. The van der Waals surface area contributed by atoms with E-state index < -0.39 is 28.4 Å². The summed E-state index contributed by atoms with van der Waals surface area (Å²) < 4.78 is 25.2. The minimum atomic E-state index is -4.06. The fraction of sp³-hybridized carbons (Fsp3) is 0.250. The molecule has 1 unspecified atom stereocenters. The van der Waals surface area contributed by atoms with Gasteiger partial charge in [0.25, 0.3) is 0 Å². The van der Waals surface area contributed by atoms with Crippen LogP contribution in [-0.2, 0) is 10.0 Å². The lowest BCUT2D eigenvalue weighted by atomic mass is 10.2. The molecule has 96 valence electrons. The molecule has 0 spiro atoms. The zero-order valence-corrected chi connectivity index (χ0v) is 10.7. The number of benzene rings is 1. The Morgan fingerprint density at radius 1 is 1.05 bits per heavy atom. The quantitative estimate of drug-likeness (QED) is 0.742. The second-order valence-corrected chi connectivity index (χ2v) is 5.57. The highest BCUT2D eigenvalue weighted by Gasteiger charge is 2.33. The molecule has 6 nitrogen and oxygen atoms in total. The van der Waals surface area contributed by atoms with E-state index in [4.69, 9.17) is 15.8 Å². The van der Waals surface area contributed by atoms with Crippen LogP contribution in [0.15, 0.2) is 30.3 Å². The topological polar surface area (TPSA) is 109 Å². The maximum Gasteiger partial charge on any atom is 0.236 e. The van der Waals surface area contributed by atoms with Gasteiger partial charge in [0.1, 0.15) is 13.1 Å². The summed E-state index contributed by atoms with van der Waals surface area (Å²) in [7, 11) is -4.06.